The molecule has 1 spiro atoms. The predicted octanol–water partition coefficient (Wildman–Crippen LogP) is 0.458. The van der Waals surface area contributed by atoms with Crippen LogP contribution in [0.25, 0.3) is 0 Å². The van der Waals surface area contributed by atoms with E-state index in [1.54, 1.807) is 0 Å². The van der Waals surface area contributed by atoms with Gasteiger partial charge in [0.25, 0.3) is 0 Å². The molecule has 4 atom stereocenters. The first-order valence-electron chi connectivity index (χ1n) is 5.49. The van der Waals surface area contributed by atoms with Crippen molar-refractivity contribution in [2.75, 3.05) is 6.54 Å². The van der Waals surface area contributed by atoms with Gasteiger partial charge in [-0.05, 0) is 6.42 Å². The molecule has 2 saturated heterocycles. The summed E-state index contributed by atoms with van der Waals surface area (Å²) in [6.07, 6.45) is 0.150. The van der Waals surface area contributed by atoms with Crippen LogP contribution in [0.3, 0.4) is 0 Å². The van der Waals surface area contributed by atoms with E-state index in [2.05, 4.69) is 10.2 Å². The molecule has 3 heterocycles. The molecule has 0 aromatic rings. The number of ether oxygens (including phenoxy) is 2. The highest BCUT2D eigenvalue weighted by atomic mass is 16.6. The van der Waals surface area contributed by atoms with E-state index in [4.69, 9.17) is 9.47 Å². The topological polar surface area (TPSA) is 77.3 Å². The summed E-state index contributed by atoms with van der Waals surface area (Å²) in [5.74, 6) is -1.15. The number of hydrogen-bond donors (Lipinski definition) is 0. The highest BCUT2D eigenvalue weighted by molar-refractivity contribution is 5.92. The van der Waals surface area contributed by atoms with Crippen molar-refractivity contribution in [3.05, 3.63) is 0 Å². The summed E-state index contributed by atoms with van der Waals surface area (Å²) in [5.41, 5.74) is -0.947. The lowest BCUT2D eigenvalue weighted by atomic mass is 9.78. The van der Waals surface area contributed by atoms with Gasteiger partial charge < -0.3 is 9.47 Å². The molecule has 0 N–H and O–H groups in total. The van der Waals surface area contributed by atoms with E-state index in [0.717, 1.165) is 0 Å². The monoisotopic (exact) mass is 224 g/mol. The van der Waals surface area contributed by atoms with Gasteiger partial charge in [0.15, 0.2) is 5.54 Å². The Balaban J connectivity index is 2.03. The van der Waals surface area contributed by atoms with Crippen LogP contribution in [0.1, 0.15) is 19.8 Å². The molecule has 6 heteroatoms. The van der Waals surface area contributed by atoms with Crippen LogP contribution in [0.4, 0.5) is 0 Å². The summed E-state index contributed by atoms with van der Waals surface area (Å²) in [6.45, 7) is 2.44. The summed E-state index contributed by atoms with van der Waals surface area (Å²) in [4.78, 5) is 23.4. The Morgan fingerprint density at radius 2 is 2.25 bits per heavy atom. The molecule has 4 unspecified atom stereocenters. The number of carbonyl (C=O) groups is 2. The number of esters is 2. The Morgan fingerprint density at radius 3 is 2.88 bits per heavy atom. The highest BCUT2D eigenvalue weighted by Crippen LogP contribution is 2.48. The minimum absolute atomic E-state index is 0.277. The van der Waals surface area contributed by atoms with Crippen molar-refractivity contribution >= 4 is 11.9 Å². The molecule has 0 aliphatic carbocycles. The van der Waals surface area contributed by atoms with Crippen molar-refractivity contribution in [2.45, 2.75) is 37.5 Å². The molecule has 0 aromatic heterocycles. The van der Waals surface area contributed by atoms with Crippen molar-refractivity contribution in [2.24, 2.45) is 16.1 Å². The lowest BCUT2D eigenvalue weighted by Crippen LogP contribution is -2.42. The van der Waals surface area contributed by atoms with E-state index in [1.165, 1.54) is 0 Å². The van der Waals surface area contributed by atoms with Crippen LogP contribution < -0.4 is 0 Å². The first kappa shape index (κ1) is 9.74. The molecular formula is C10H12N2O4. The normalized spacial score (nSPS) is 44.9. The SMILES string of the molecule is CCC1OC(=O)C2OC(=O)C3(CCN=N3)C12. The second kappa shape index (κ2) is 3.02. The van der Waals surface area contributed by atoms with Crippen LogP contribution in [0.2, 0.25) is 0 Å². The number of azo groups is 1. The van der Waals surface area contributed by atoms with Gasteiger partial charge in [-0.1, -0.05) is 6.92 Å². The molecular weight excluding hydrogens is 212 g/mol. The number of carbonyl (C=O) groups excluding carboxylic acids is 2. The average molecular weight is 224 g/mol. The maximum atomic E-state index is 11.8. The summed E-state index contributed by atoms with van der Waals surface area (Å²) in [6, 6.07) is 0. The van der Waals surface area contributed by atoms with Crippen LogP contribution in [0, 0.1) is 5.92 Å². The molecule has 0 saturated carbocycles. The number of rotatable bonds is 1. The maximum absolute atomic E-state index is 11.8. The molecule has 0 bridgehead atoms. The van der Waals surface area contributed by atoms with E-state index in [-0.39, 0.29) is 12.0 Å². The molecule has 3 rings (SSSR count). The van der Waals surface area contributed by atoms with Crippen molar-refractivity contribution in [3.63, 3.8) is 0 Å². The molecule has 16 heavy (non-hydrogen) atoms. The quantitative estimate of drug-likeness (QED) is 0.606. The fourth-order valence-corrected chi connectivity index (χ4v) is 2.82. The van der Waals surface area contributed by atoms with E-state index >= 15 is 0 Å². The summed E-state index contributed by atoms with van der Waals surface area (Å²) in [7, 11) is 0. The lowest BCUT2D eigenvalue weighted by molar-refractivity contribution is -0.160. The summed E-state index contributed by atoms with van der Waals surface area (Å²) >= 11 is 0. The summed E-state index contributed by atoms with van der Waals surface area (Å²) < 4.78 is 10.3. The van der Waals surface area contributed by atoms with Crippen LogP contribution in [0.15, 0.2) is 10.2 Å². The maximum Gasteiger partial charge on any atom is 0.348 e. The van der Waals surface area contributed by atoms with Crippen molar-refractivity contribution in [1.29, 1.82) is 0 Å². The molecule has 6 nitrogen and oxygen atoms in total. The molecule has 3 aliphatic rings. The Bertz CT molecular complexity index is 394. The first-order chi connectivity index (χ1) is 7.69. The third-order valence-corrected chi connectivity index (χ3v) is 3.61. The Morgan fingerprint density at radius 1 is 1.44 bits per heavy atom. The zero-order valence-electron chi connectivity index (χ0n) is 8.88. The molecule has 86 valence electrons. The van der Waals surface area contributed by atoms with Crippen LogP contribution >= 0.6 is 0 Å². The third-order valence-electron chi connectivity index (χ3n) is 3.61. The molecule has 0 aromatic carbocycles. The number of fused-ring (bicyclic) bond motifs is 2. The van der Waals surface area contributed by atoms with E-state index < -0.39 is 23.6 Å². The lowest BCUT2D eigenvalue weighted by Gasteiger charge is -2.23. The first-order valence-corrected chi connectivity index (χ1v) is 5.49. The summed E-state index contributed by atoms with van der Waals surface area (Å²) in [5, 5.41) is 7.92. The molecule has 0 radical (unpaired) electrons. The van der Waals surface area contributed by atoms with E-state index in [1.807, 2.05) is 6.92 Å². The van der Waals surface area contributed by atoms with Crippen LogP contribution in [-0.4, -0.2) is 36.2 Å². The third kappa shape index (κ3) is 0.968. The number of hydrogen-bond acceptors (Lipinski definition) is 6. The average Bonchev–Trinajstić information content (AvgIpc) is 2.91. The van der Waals surface area contributed by atoms with Crippen LogP contribution in [-0.2, 0) is 19.1 Å². The Hall–Kier alpha value is -1.46. The largest absolute Gasteiger partial charge is 0.459 e. The van der Waals surface area contributed by atoms with Crippen molar-refractivity contribution in [3.8, 4) is 0 Å². The van der Waals surface area contributed by atoms with Gasteiger partial charge in [-0.15, -0.1) is 0 Å². The van der Waals surface area contributed by atoms with Gasteiger partial charge in [0.05, 0.1) is 12.5 Å². The van der Waals surface area contributed by atoms with Gasteiger partial charge in [0.2, 0.25) is 6.10 Å². The molecule has 0 amide bonds. The zero-order valence-corrected chi connectivity index (χ0v) is 8.88. The minimum Gasteiger partial charge on any atom is -0.459 e. The fourth-order valence-electron chi connectivity index (χ4n) is 2.82. The van der Waals surface area contributed by atoms with Gasteiger partial charge in [-0.25, -0.2) is 9.59 Å². The van der Waals surface area contributed by atoms with Gasteiger partial charge >= 0.3 is 11.9 Å². The molecule has 3 aliphatic heterocycles. The minimum atomic E-state index is -0.947. The van der Waals surface area contributed by atoms with E-state index in [9.17, 15) is 9.59 Å². The van der Waals surface area contributed by atoms with E-state index in [0.29, 0.717) is 19.4 Å². The number of nitrogens with zero attached hydrogens (tertiary/aromatic N) is 2. The molecule has 2 fully saturated rings. The standard InChI is InChI=1S/C10H12N2O4/c1-2-5-6-7(8(13)15-5)16-9(14)10(6)3-4-11-12-10/h5-7H,2-4H2,1H3. The predicted molar refractivity (Wildman–Crippen MR) is 50.6 cm³/mol. The van der Waals surface area contributed by atoms with Gasteiger partial charge in [0, 0.05) is 6.42 Å². The van der Waals surface area contributed by atoms with Crippen molar-refractivity contribution in [1.82, 2.24) is 0 Å². The number of cyclic esters (lactones) is 1. The smallest absolute Gasteiger partial charge is 0.348 e. The van der Waals surface area contributed by atoms with Crippen LogP contribution in [0.5, 0.6) is 0 Å². The second-order valence-corrected chi connectivity index (χ2v) is 4.37. The zero-order chi connectivity index (χ0) is 11.3. The van der Waals surface area contributed by atoms with Gasteiger partial charge in [-0.2, -0.15) is 10.2 Å². The van der Waals surface area contributed by atoms with Crippen molar-refractivity contribution < 1.29 is 19.1 Å². The second-order valence-electron chi connectivity index (χ2n) is 4.37. The highest BCUT2D eigenvalue weighted by Gasteiger charge is 2.68. The van der Waals surface area contributed by atoms with Gasteiger partial charge in [0.1, 0.15) is 6.10 Å². The van der Waals surface area contributed by atoms with Gasteiger partial charge in [-0.3, -0.25) is 0 Å². The fraction of sp³-hybridized carbons (Fsp3) is 0.800. The Kier molecular flexibility index (Phi) is 1.84. The Labute approximate surface area is 92.0 Å².